The largest absolute Gasteiger partial charge is 0.396 e. The van der Waals surface area contributed by atoms with Crippen LogP contribution in [0, 0.1) is 6.07 Å². The maximum Gasteiger partial charge on any atom is 0.0487 e. The summed E-state index contributed by atoms with van der Waals surface area (Å²) in [5.74, 6) is 0. The molecule has 0 saturated heterocycles. The Kier molecular flexibility index (Phi) is 2.72. The second kappa shape index (κ2) is 3.59. The standard InChI is InChI=1S/C8H8ClO/c9-8-3-1-2-7(6-8)4-5-10/h1-3,10H,4-5H2. The molecule has 0 heterocycles. The van der Waals surface area contributed by atoms with Crippen LogP contribution in [0.1, 0.15) is 5.56 Å². The normalized spacial score (nSPS) is 9.80. The van der Waals surface area contributed by atoms with E-state index in [1.165, 1.54) is 0 Å². The lowest BCUT2D eigenvalue weighted by Gasteiger charge is -1.95. The van der Waals surface area contributed by atoms with Crippen LogP contribution in [0.25, 0.3) is 0 Å². The molecule has 0 bridgehead atoms. The van der Waals surface area contributed by atoms with E-state index < -0.39 is 0 Å². The fraction of sp³-hybridized carbons (Fsp3) is 0.250. The van der Waals surface area contributed by atoms with E-state index in [1.54, 1.807) is 6.07 Å². The van der Waals surface area contributed by atoms with E-state index >= 15 is 0 Å². The van der Waals surface area contributed by atoms with Gasteiger partial charge in [-0.05, 0) is 18.1 Å². The molecule has 0 amide bonds. The second-order valence-corrected chi connectivity index (χ2v) is 2.40. The van der Waals surface area contributed by atoms with Gasteiger partial charge in [0.25, 0.3) is 0 Å². The van der Waals surface area contributed by atoms with Crippen molar-refractivity contribution in [3.05, 3.63) is 34.9 Å². The average Bonchev–Trinajstić information content (AvgIpc) is 1.88. The molecular formula is C8H8ClO. The highest BCUT2D eigenvalue weighted by molar-refractivity contribution is 6.30. The van der Waals surface area contributed by atoms with Gasteiger partial charge in [0.2, 0.25) is 0 Å². The molecule has 0 aromatic heterocycles. The highest BCUT2D eigenvalue weighted by atomic mass is 35.5. The van der Waals surface area contributed by atoms with Crippen molar-refractivity contribution in [2.45, 2.75) is 6.42 Å². The zero-order chi connectivity index (χ0) is 7.40. The summed E-state index contributed by atoms with van der Waals surface area (Å²) in [5, 5.41) is 9.15. The molecule has 0 aliphatic carbocycles. The first-order valence-electron chi connectivity index (χ1n) is 3.10. The van der Waals surface area contributed by atoms with Crippen molar-refractivity contribution in [3.8, 4) is 0 Å². The first kappa shape index (κ1) is 7.58. The van der Waals surface area contributed by atoms with Gasteiger partial charge in [0.1, 0.15) is 0 Å². The van der Waals surface area contributed by atoms with Crippen molar-refractivity contribution in [2.75, 3.05) is 6.61 Å². The highest BCUT2D eigenvalue weighted by Crippen LogP contribution is 2.09. The smallest absolute Gasteiger partial charge is 0.0487 e. The summed E-state index contributed by atoms with van der Waals surface area (Å²) < 4.78 is 0. The van der Waals surface area contributed by atoms with Crippen LogP contribution in [0.5, 0.6) is 0 Å². The lowest BCUT2D eigenvalue weighted by Crippen LogP contribution is -1.89. The lowest BCUT2D eigenvalue weighted by atomic mass is 10.2. The Balaban J connectivity index is 2.75. The molecule has 10 heavy (non-hydrogen) atoms. The van der Waals surface area contributed by atoms with E-state index in [0.29, 0.717) is 11.4 Å². The van der Waals surface area contributed by atoms with E-state index in [4.69, 9.17) is 16.7 Å². The van der Waals surface area contributed by atoms with Crippen LogP contribution >= 0.6 is 11.6 Å². The van der Waals surface area contributed by atoms with Crippen molar-refractivity contribution < 1.29 is 5.11 Å². The van der Waals surface area contributed by atoms with Crippen LogP contribution in [0.2, 0.25) is 5.02 Å². The van der Waals surface area contributed by atoms with Gasteiger partial charge in [0.15, 0.2) is 0 Å². The van der Waals surface area contributed by atoms with Gasteiger partial charge in [-0.3, -0.25) is 0 Å². The third-order valence-electron chi connectivity index (χ3n) is 1.20. The van der Waals surface area contributed by atoms with Crippen LogP contribution in [0.3, 0.4) is 0 Å². The molecule has 0 unspecified atom stereocenters. The molecule has 0 aliphatic rings. The topological polar surface area (TPSA) is 20.2 Å². The summed E-state index contributed by atoms with van der Waals surface area (Å²) in [7, 11) is 0. The molecule has 0 spiro atoms. The minimum absolute atomic E-state index is 0.150. The Morgan fingerprint density at radius 3 is 2.90 bits per heavy atom. The van der Waals surface area contributed by atoms with E-state index in [-0.39, 0.29) is 6.61 Å². The van der Waals surface area contributed by atoms with Crippen molar-refractivity contribution in [2.24, 2.45) is 0 Å². The molecular weight excluding hydrogens is 148 g/mol. The van der Waals surface area contributed by atoms with Gasteiger partial charge in [-0.1, -0.05) is 23.7 Å². The molecule has 0 saturated carbocycles. The minimum atomic E-state index is 0.150. The Hall–Kier alpha value is -0.530. The van der Waals surface area contributed by atoms with Crippen LogP contribution in [-0.4, -0.2) is 11.7 Å². The van der Waals surface area contributed by atoms with Gasteiger partial charge >= 0.3 is 0 Å². The number of aliphatic hydroxyl groups excluding tert-OH is 1. The third-order valence-corrected chi connectivity index (χ3v) is 1.42. The number of benzene rings is 1. The van der Waals surface area contributed by atoms with E-state index in [0.717, 1.165) is 5.56 Å². The molecule has 1 aromatic rings. The van der Waals surface area contributed by atoms with Crippen molar-refractivity contribution in [3.63, 3.8) is 0 Å². The summed E-state index contributed by atoms with van der Waals surface area (Å²) in [6.45, 7) is 0.150. The van der Waals surface area contributed by atoms with Crippen LogP contribution < -0.4 is 0 Å². The van der Waals surface area contributed by atoms with Crippen LogP contribution in [-0.2, 0) is 6.42 Å². The fourth-order valence-corrected chi connectivity index (χ4v) is 0.946. The lowest BCUT2D eigenvalue weighted by molar-refractivity contribution is 0.299. The molecule has 1 rings (SSSR count). The zero-order valence-corrected chi connectivity index (χ0v) is 6.23. The van der Waals surface area contributed by atoms with E-state index in [2.05, 4.69) is 6.07 Å². The number of hydrogen-bond acceptors (Lipinski definition) is 1. The molecule has 1 N–H and O–H groups in total. The second-order valence-electron chi connectivity index (χ2n) is 2.00. The summed E-state index contributed by atoms with van der Waals surface area (Å²) in [4.78, 5) is 0. The van der Waals surface area contributed by atoms with Crippen molar-refractivity contribution in [1.82, 2.24) is 0 Å². The Morgan fingerprint density at radius 2 is 2.30 bits per heavy atom. The van der Waals surface area contributed by atoms with E-state index in [9.17, 15) is 0 Å². The van der Waals surface area contributed by atoms with Crippen LogP contribution in [0.4, 0.5) is 0 Å². The maximum atomic E-state index is 8.55. The minimum Gasteiger partial charge on any atom is -0.396 e. The number of halogens is 1. The maximum absolute atomic E-state index is 8.55. The first-order chi connectivity index (χ1) is 4.83. The summed E-state index contributed by atoms with van der Waals surface area (Å²) in [6, 6.07) is 8.42. The number of aliphatic hydroxyl groups is 1. The van der Waals surface area contributed by atoms with Gasteiger partial charge in [0, 0.05) is 17.7 Å². The molecule has 0 atom stereocenters. The quantitative estimate of drug-likeness (QED) is 0.689. The fourth-order valence-electron chi connectivity index (χ4n) is 0.752. The van der Waals surface area contributed by atoms with Crippen molar-refractivity contribution in [1.29, 1.82) is 0 Å². The Labute approximate surface area is 65.3 Å². The number of rotatable bonds is 2. The predicted octanol–water partition coefficient (Wildman–Crippen LogP) is 1.67. The summed E-state index contributed by atoms with van der Waals surface area (Å²) in [5.41, 5.74) is 0.954. The Morgan fingerprint density at radius 1 is 1.50 bits per heavy atom. The van der Waals surface area contributed by atoms with Gasteiger partial charge in [-0.2, -0.15) is 0 Å². The van der Waals surface area contributed by atoms with E-state index in [1.807, 2.05) is 12.1 Å². The average molecular weight is 156 g/mol. The highest BCUT2D eigenvalue weighted by Gasteiger charge is 1.91. The van der Waals surface area contributed by atoms with Gasteiger partial charge in [-0.15, -0.1) is 0 Å². The molecule has 53 valence electrons. The SMILES string of the molecule is OCCc1[c]c(Cl)ccc1. The molecule has 1 aromatic carbocycles. The third kappa shape index (κ3) is 2.01. The monoisotopic (exact) mass is 155 g/mol. The zero-order valence-electron chi connectivity index (χ0n) is 5.47. The van der Waals surface area contributed by atoms with Gasteiger partial charge < -0.3 is 5.11 Å². The molecule has 2 heteroatoms. The number of hydrogen-bond donors (Lipinski definition) is 1. The summed E-state index contributed by atoms with van der Waals surface area (Å²) in [6.07, 6.45) is 0.626. The Bertz CT molecular complexity index is 210. The summed E-state index contributed by atoms with van der Waals surface area (Å²) >= 11 is 5.64. The molecule has 1 radical (unpaired) electrons. The molecule has 0 fully saturated rings. The van der Waals surface area contributed by atoms with Gasteiger partial charge in [-0.25, -0.2) is 0 Å². The van der Waals surface area contributed by atoms with Gasteiger partial charge in [0.05, 0.1) is 0 Å². The van der Waals surface area contributed by atoms with Crippen LogP contribution in [0.15, 0.2) is 18.2 Å². The molecule has 0 aliphatic heterocycles. The first-order valence-corrected chi connectivity index (χ1v) is 3.48. The van der Waals surface area contributed by atoms with Crippen molar-refractivity contribution >= 4 is 11.6 Å². The molecule has 1 nitrogen and oxygen atoms in total. The predicted molar refractivity (Wildman–Crippen MR) is 41.1 cm³/mol.